The van der Waals surface area contributed by atoms with Crippen molar-refractivity contribution in [2.75, 3.05) is 0 Å². The summed E-state index contributed by atoms with van der Waals surface area (Å²) in [4.78, 5) is 0. The van der Waals surface area contributed by atoms with Gasteiger partial charge in [0.05, 0.1) is 0 Å². The van der Waals surface area contributed by atoms with Crippen LogP contribution in [0, 0.1) is 0 Å². The minimum atomic E-state index is 0. The second-order valence-electron chi connectivity index (χ2n) is 1.71. The van der Waals surface area contributed by atoms with Gasteiger partial charge in [0.25, 0.3) is 0 Å². The Labute approximate surface area is 65.5 Å². The van der Waals surface area contributed by atoms with Crippen LogP contribution in [0.4, 0.5) is 0 Å². The van der Waals surface area contributed by atoms with Crippen molar-refractivity contribution in [2.45, 2.75) is 39.5 Å². The molecule has 0 aromatic heterocycles. The van der Waals surface area contributed by atoms with Crippen LogP contribution < -0.4 is 0 Å². The fourth-order valence-corrected chi connectivity index (χ4v) is 0.500. The van der Waals surface area contributed by atoms with Crippen molar-refractivity contribution in [3.8, 4) is 0 Å². The summed E-state index contributed by atoms with van der Waals surface area (Å²) in [6.45, 7) is 4.46. The summed E-state index contributed by atoms with van der Waals surface area (Å²) in [5.41, 5.74) is 0. The van der Waals surface area contributed by atoms with Crippen LogP contribution in [0.5, 0.6) is 0 Å². The van der Waals surface area contributed by atoms with Crippen LogP contribution in [0.15, 0.2) is 0 Å². The van der Waals surface area contributed by atoms with Gasteiger partial charge in [-0.15, -0.1) is 0 Å². The average Bonchev–Trinajstić information content (AvgIpc) is 1.61. The van der Waals surface area contributed by atoms with Crippen molar-refractivity contribution in [2.24, 2.45) is 0 Å². The standard InChI is InChI=1S/C6H14.In.3H/c1-3-5-6-4-2;;;;/h3-6H2,1-2H3;;;;. The molecule has 0 spiro atoms. The molecule has 0 aliphatic carbocycles. The quantitative estimate of drug-likeness (QED) is 0.609. The third-order valence-electron chi connectivity index (χ3n) is 0.957. The Morgan fingerprint density at radius 3 is 1.29 bits per heavy atom. The fourth-order valence-electron chi connectivity index (χ4n) is 0.500. The van der Waals surface area contributed by atoms with Gasteiger partial charge in [-0.3, -0.25) is 0 Å². The third-order valence-corrected chi connectivity index (χ3v) is 0.957. The molecule has 0 saturated heterocycles. The van der Waals surface area contributed by atoms with Gasteiger partial charge in [0, 0.05) is 0 Å². The molecule has 0 amide bonds. The van der Waals surface area contributed by atoms with E-state index in [1.807, 2.05) is 0 Å². The van der Waals surface area contributed by atoms with E-state index in [-0.39, 0.29) is 25.8 Å². The number of hydrogen-bond acceptors (Lipinski definition) is 0. The molecule has 0 saturated carbocycles. The van der Waals surface area contributed by atoms with Crippen molar-refractivity contribution in [3.05, 3.63) is 0 Å². The maximum atomic E-state index is 2.23. The molecule has 0 aliphatic heterocycles. The van der Waals surface area contributed by atoms with Gasteiger partial charge in [0.15, 0.2) is 0 Å². The molecule has 0 radical (unpaired) electrons. The maximum absolute atomic E-state index is 2.23. The summed E-state index contributed by atoms with van der Waals surface area (Å²) in [5.74, 6) is 0. The molecule has 7 heavy (non-hydrogen) atoms. The van der Waals surface area contributed by atoms with Gasteiger partial charge in [-0.1, -0.05) is 39.5 Å². The van der Waals surface area contributed by atoms with E-state index >= 15 is 0 Å². The molecular formula is C6H17In. The molecule has 0 aromatic carbocycles. The van der Waals surface area contributed by atoms with Crippen LogP contribution in [0.1, 0.15) is 39.5 Å². The number of rotatable bonds is 3. The van der Waals surface area contributed by atoms with Crippen LogP contribution in [-0.4, -0.2) is 25.8 Å². The number of unbranched alkanes of at least 4 members (excludes halogenated alkanes) is 3. The van der Waals surface area contributed by atoms with Crippen LogP contribution in [-0.2, 0) is 0 Å². The van der Waals surface area contributed by atoms with Gasteiger partial charge >= 0.3 is 25.8 Å². The van der Waals surface area contributed by atoms with Crippen LogP contribution in [0.2, 0.25) is 0 Å². The van der Waals surface area contributed by atoms with E-state index in [1.54, 1.807) is 0 Å². The molecule has 1 heteroatoms. The molecule has 0 fully saturated rings. The van der Waals surface area contributed by atoms with Crippen molar-refractivity contribution in [1.29, 1.82) is 0 Å². The Morgan fingerprint density at radius 1 is 0.857 bits per heavy atom. The Balaban J connectivity index is 0. The van der Waals surface area contributed by atoms with Crippen molar-refractivity contribution in [3.63, 3.8) is 0 Å². The van der Waals surface area contributed by atoms with Gasteiger partial charge in [-0.25, -0.2) is 0 Å². The normalized spacial score (nSPS) is 7.71. The monoisotopic (exact) mass is 204 g/mol. The summed E-state index contributed by atoms with van der Waals surface area (Å²) >= 11 is 0. The van der Waals surface area contributed by atoms with Crippen molar-refractivity contribution < 1.29 is 0 Å². The Bertz CT molecular complexity index is 16.1. The minimum absolute atomic E-state index is 0. The van der Waals surface area contributed by atoms with E-state index in [2.05, 4.69) is 13.8 Å². The summed E-state index contributed by atoms with van der Waals surface area (Å²) in [7, 11) is 0. The fraction of sp³-hybridized carbons (Fsp3) is 1.00. The molecule has 0 atom stereocenters. The summed E-state index contributed by atoms with van der Waals surface area (Å²) in [5, 5.41) is 0. The predicted octanol–water partition coefficient (Wildman–Crippen LogP) is 1.40. The van der Waals surface area contributed by atoms with Gasteiger partial charge in [0.2, 0.25) is 0 Å². The van der Waals surface area contributed by atoms with E-state index in [1.165, 1.54) is 25.7 Å². The van der Waals surface area contributed by atoms with E-state index in [0.717, 1.165) is 0 Å². The Hall–Kier alpha value is 0.870. The third kappa shape index (κ3) is 10.9. The first-order valence-electron chi connectivity index (χ1n) is 2.91. The van der Waals surface area contributed by atoms with Gasteiger partial charge < -0.3 is 0 Å². The average molecular weight is 204 g/mol. The molecule has 0 heterocycles. The SMILES string of the molecule is CCCCCC.[InH3]. The Kier molecular flexibility index (Phi) is 15.4. The molecule has 0 aliphatic rings. The van der Waals surface area contributed by atoms with Gasteiger partial charge in [-0.2, -0.15) is 0 Å². The zero-order valence-corrected chi connectivity index (χ0v) is 4.83. The summed E-state index contributed by atoms with van der Waals surface area (Å²) < 4.78 is 0. The predicted molar refractivity (Wildman–Crippen MR) is 39.8 cm³/mol. The van der Waals surface area contributed by atoms with E-state index in [0.29, 0.717) is 0 Å². The molecular weight excluding hydrogens is 187 g/mol. The summed E-state index contributed by atoms with van der Waals surface area (Å²) in [6.07, 6.45) is 5.54. The molecule has 0 aromatic rings. The molecule has 0 nitrogen and oxygen atoms in total. The number of hydrogen-bond donors (Lipinski definition) is 0. The van der Waals surface area contributed by atoms with Gasteiger partial charge in [-0.05, 0) is 0 Å². The molecule has 0 rings (SSSR count). The van der Waals surface area contributed by atoms with Crippen LogP contribution in [0.25, 0.3) is 0 Å². The van der Waals surface area contributed by atoms with Crippen molar-refractivity contribution in [1.82, 2.24) is 0 Å². The molecule has 0 N–H and O–H groups in total. The van der Waals surface area contributed by atoms with Gasteiger partial charge in [0.1, 0.15) is 0 Å². The second kappa shape index (κ2) is 9.98. The van der Waals surface area contributed by atoms with E-state index in [9.17, 15) is 0 Å². The first kappa shape index (κ1) is 10.8. The first-order chi connectivity index (χ1) is 2.91. The van der Waals surface area contributed by atoms with Crippen LogP contribution in [0.3, 0.4) is 0 Å². The zero-order chi connectivity index (χ0) is 4.83. The summed E-state index contributed by atoms with van der Waals surface area (Å²) in [6, 6.07) is 0. The first-order valence-corrected chi connectivity index (χ1v) is 2.91. The van der Waals surface area contributed by atoms with E-state index in [4.69, 9.17) is 0 Å². The molecule has 44 valence electrons. The second-order valence-corrected chi connectivity index (χ2v) is 1.71. The zero-order valence-electron chi connectivity index (χ0n) is 4.83. The van der Waals surface area contributed by atoms with E-state index < -0.39 is 0 Å². The Morgan fingerprint density at radius 2 is 1.14 bits per heavy atom. The van der Waals surface area contributed by atoms with Crippen LogP contribution >= 0.6 is 0 Å². The molecule has 0 bridgehead atoms. The molecule has 0 unspecified atom stereocenters. The van der Waals surface area contributed by atoms with Crippen molar-refractivity contribution >= 4 is 25.8 Å². The topological polar surface area (TPSA) is 0 Å².